The molecule has 2 amide bonds. The lowest BCUT2D eigenvalue weighted by Crippen LogP contribution is -2.40. The summed E-state index contributed by atoms with van der Waals surface area (Å²) in [6.45, 7) is 1.97. The number of hydrogen-bond acceptors (Lipinski definition) is 3. The summed E-state index contributed by atoms with van der Waals surface area (Å²) in [6.07, 6.45) is 3.67. The Hall–Kier alpha value is -3.41. The molecule has 0 radical (unpaired) electrons. The standard InChI is InChI=1S/C20H17FN2O3/c1-2-17-16(15-5-3-4-6-18(15)26-17)11-12-19(24)22-23-20(25)13-7-9-14(21)10-8-13/h3-12H,2H2,1H3,(H,22,24)(H,23,25)/b12-11+. The number of amides is 2. The monoisotopic (exact) mass is 352 g/mol. The van der Waals surface area contributed by atoms with Gasteiger partial charge in [0.15, 0.2) is 0 Å². The summed E-state index contributed by atoms with van der Waals surface area (Å²) in [4.78, 5) is 23.8. The predicted octanol–water partition coefficient (Wildman–Crippen LogP) is 3.61. The molecule has 3 rings (SSSR count). The van der Waals surface area contributed by atoms with Gasteiger partial charge in [0.25, 0.3) is 11.8 Å². The van der Waals surface area contributed by atoms with Crippen molar-refractivity contribution in [1.29, 1.82) is 0 Å². The number of halogens is 1. The maximum Gasteiger partial charge on any atom is 0.269 e. The maximum absolute atomic E-state index is 12.9. The van der Waals surface area contributed by atoms with E-state index in [-0.39, 0.29) is 5.56 Å². The molecule has 26 heavy (non-hydrogen) atoms. The molecular weight excluding hydrogens is 335 g/mol. The molecule has 0 aliphatic heterocycles. The van der Waals surface area contributed by atoms with Crippen molar-refractivity contribution in [3.8, 4) is 0 Å². The highest BCUT2D eigenvalue weighted by Crippen LogP contribution is 2.27. The number of benzene rings is 2. The Kier molecular flexibility index (Phi) is 5.12. The van der Waals surface area contributed by atoms with Crippen molar-refractivity contribution in [3.05, 3.63) is 77.3 Å². The zero-order chi connectivity index (χ0) is 18.5. The molecule has 2 N–H and O–H groups in total. The third-order valence-corrected chi connectivity index (χ3v) is 3.84. The van der Waals surface area contributed by atoms with Gasteiger partial charge in [-0.1, -0.05) is 25.1 Å². The van der Waals surface area contributed by atoms with Crippen molar-refractivity contribution in [3.63, 3.8) is 0 Å². The van der Waals surface area contributed by atoms with E-state index in [2.05, 4.69) is 10.9 Å². The molecule has 0 saturated heterocycles. The van der Waals surface area contributed by atoms with Crippen LogP contribution in [0.5, 0.6) is 0 Å². The fourth-order valence-electron chi connectivity index (χ4n) is 2.55. The Morgan fingerprint density at radius 2 is 1.81 bits per heavy atom. The zero-order valence-corrected chi connectivity index (χ0v) is 14.1. The van der Waals surface area contributed by atoms with Crippen LogP contribution in [0.4, 0.5) is 4.39 Å². The van der Waals surface area contributed by atoms with Crippen LogP contribution in [0.3, 0.4) is 0 Å². The van der Waals surface area contributed by atoms with Gasteiger partial charge in [-0.3, -0.25) is 20.4 Å². The van der Waals surface area contributed by atoms with E-state index in [4.69, 9.17) is 4.42 Å². The molecule has 0 saturated carbocycles. The van der Waals surface area contributed by atoms with Gasteiger partial charge in [0.05, 0.1) is 0 Å². The topological polar surface area (TPSA) is 71.3 Å². The summed E-state index contributed by atoms with van der Waals surface area (Å²) in [7, 11) is 0. The largest absolute Gasteiger partial charge is 0.460 e. The minimum absolute atomic E-state index is 0.241. The highest BCUT2D eigenvalue weighted by Gasteiger charge is 2.10. The molecule has 0 aliphatic carbocycles. The fraction of sp³-hybridized carbons (Fsp3) is 0.100. The van der Waals surface area contributed by atoms with E-state index in [1.165, 1.54) is 30.3 Å². The number of nitrogens with one attached hydrogen (secondary N) is 2. The first-order valence-electron chi connectivity index (χ1n) is 8.13. The minimum Gasteiger partial charge on any atom is -0.460 e. The molecule has 0 atom stereocenters. The first-order chi connectivity index (χ1) is 12.6. The number of aryl methyl sites for hydroxylation is 1. The van der Waals surface area contributed by atoms with E-state index in [0.29, 0.717) is 6.42 Å². The summed E-state index contributed by atoms with van der Waals surface area (Å²) in [5, 5.41) is 0.920. The summed E-state index contributed by atoms with van der Waals surface area (Å²) in [6, 6.07) is 12.6. The average molecular weight is 352 g/mol. The van der Waals surface area contributed by atoms with Crippen LogP contribution < -0.4 is 10.9 Å². The first-order valence-corrected chi connectivity index (χ1v) is 8.13. The van der Waals surface area contributed by atoms with E-state index in [1.807, 2.05) is 31.2 Å². The third kappa shape index (κ3) is 3.80. The predicted molar refractivity (Wildman–Crippen MR) is 96.6 cm³/mol. The van der Waals surface area contributed by atoms with Crippen LogP contribution in [-0.4, -0.2) is 11.8 Å². The van der Waals surface area contributed by atoms with Crippen LogP contribution in [0.1, 0.15) is 28.6 Å². The molecule has 6 heteroatoms. The quantitative estimate of drug-likeness (QED) is 0.557. The molecule has 5 nitrogen and oxygen atoms in total. The Morgan fingerprint density at radius 1 is 1.08 bits per heavy atom. The van der Waals surface area contributed by atoms with Crippen LogP contribution >= 0.6 is 0 Å². The van der Waals surface area contributed by atoms with Gasteiger partial charge in [-0.05, 0) is 36.4 Å². The van der Waals surface area contributed by atoms with Crippen molar-refractivity contribution < 1.29 is 18.4 Å². The number of rotatable bonds is 4. The molecule has 0 bridgehead atoms. The molecule has 1 heterocycles. The highest BCUT2D eigenvalue weighted by atomic mass is 19.1. The molecule has 1 aromatic heterocycles. The van der Waals surface area contributed by atoms with Gasteiger partial charge in [-0.25, -0.2) is 4.39 Å². The van der Waals surface area contributed by atoms with Crippen LogP contribution in [0.15, 0.2) is 59.0 Å². The van der Waals surface area contributed by atoms with Crippen LogP contribution in [0, 0.1) is 5.82 Å². The van der Waals surface area contributed by atoms with Gasteiger partial charge in [0.2, 0.25) is 0 Å². The van der Waals surface area contributed by atoms with Crippen LogP contribution in [0.2, 0.25) is 0 Å². The van der Waals surface area contributed by atoms with Gasteiger partial charge in [-0.15, -0.1) is 0 Å². The Morgan fingerprint density at radius 3 is 2.54 bits per heavy atom. The van der Waals surface area contributed by atoms with Gasteiger partial charge in [0.1, 0.15) is 17.2 Å². The lowest BCUT2D eigenvalue weighted by molar-refractivity contribution is -0.117. The average Bonchev–Trinajstić information content (AvgIpc) is 3.02. The van der Waals surface area contributed by atoms with E-state index < -0.39 is 17.6 Å². The highest BCUT2D eigenvalue weighted by molar-refractivity contribution is 5.99. The normalized spacial score (nSPS) is 11.0. The molecule has 0 aliphatic rings. The molecular formula is C20H17FN2O3. The van der Waals surface area contributed by atoms with E-state index in [9.17, 15) is 14.0 Å². The van der Waals surface area contributed by atoms with E-state index in [1.54, 1.807) is 6.08 Å². The van der Waals surface area contributed by atoms with E-state index in [0.717, 1.165) is 22.3 Å². The Bertz CT molecular complexity index is 974. The summed E-state index contributed by atoms with van der Waals surface area (Å²) in [5.41, 5.74) is 6.41. The van der Waals surface area contributed by atoms with Crippen molar-refractivity contribution in [2.75, 3.05) is 0 Å². The Labute approximate surface area is 149 Å². The number of carbonyl (C=O) groups excluding carboxylic acids is 2. The van der Waals surface area contributed by atoms with Gasteiger partial charge in [0, 0.05) is 29.0 Å². The van der Waals surface area contributed by atoms with Crippen molar-refractivity contribution in [2.45, 2.75) is 13.3 Å². The maximum atomic E-state index is 12.9. The van der Waals surface area contributed by atoms with Gasteiger partial charge < -0.3 is 4.42 Å². The summed E-state index contributed by atoms with van der Waals surface area (Å²) >= 11 is 0. The van der Waals surface area contributed by atoms with Crippen molar-refractivity contribution >= 4 is 28.9 Å². The minimum atomic E-state index is -0.533. The second kappa shape index (κ2) is 7.65. The molecule has 0 spiro atoms. The van der Waals surface area contributed by atoms with Crippen LogP contribution in [-0.2, 0) is 11.2 Å². The number of carbonyl (C=O) groups is 2. The fourth-order valence-corrected chi connectivity index (χ4v) is 2.55. The molecule has 3 aromatic rings. The third-order valence-electron chi connectivity index (χ3n) is 3.84. The number of fused-ring (bicyclic) bond motifs is 1. The number of para-hydroxylation sites is 1. The molecule has 0 fully saturated rings. The van der Waals surface area contributed by atoms with Gasteiger partial charge in [-0.2, -0.15) is 0 Å². The summed E-state index contributed by atoms with van der Waals surface area (Å²) in [5.74, 6) is -0.680. The second-order valence-electron chi connectivity index (χ2n) is 5.57. The first kappa shape index (κ1) is 17.4. The SMILES string of the molecule is CCc1oc2ccccc2c1/C=C/C(=O)NNC(=O)c1ccc(F)cc1. The number of hydrogen-bond donors (Lipinski definition) is 2. The smallest absolute Gasteiger partial charge is 0.269 e. The second-order valence-corrected chi connectivity index (χ2v) is 5.57. The molecule has 132 valence electrons. The lowest BCUT2D eigenvalue weighted by Gasteiger charge is -2.05. The van der Waals surface area contributed by atoms with Crippen molar-refractivity contribution in [2.24, 2.45) is 0 Å². The number of furan rings is 1. The van der Waals surface area contributed by atoms with E-state index >= 15 is 0 Å². The molecule has 2 aromatic carbocycles. The Balaban J connectivity index is 1.66. The zero-order valence-electron chi connectivity index (χ0n) is 14.1. The van der Waals surface area contributed by atoms with Crippen LogP contribution in [0.25, 0.3) is 17.0 Å². The summed E-state index contributed by atoms with van der Waals surface area (Å²) < 4.78 is 18.6. The number of hydrazine groups is 1. The lowest BCUT2D eigenvalue weighted by atomic mass is 10.1. The van der Waals surface area contributed by atoms with Crippen molar-refractivity contribution in [1.82, 2.24) is 10.9 Å². The molecule has 0 unspecified atom stereocenters. The van der Waals surface area contributed by atoms with Gasteiger partial charge >= 0.3 is 0 Å².